The number of phenols is 1. The summed E-state index contributed by atoms with van der Waals surface area (Å²) in [6, 6.07) is 13.6. The summed E-state index contributed by atoms with van der Waals surface area (Å²) in [7, 11) is 0. The van der Waals surface area contributed by atoms with Gasteiger partial charge in [-0.25, -0.2) is 8.78 Å². The van der Waals surface area contributed by atoms with Crippen LogP contribution in [0.4, 0.5) is 14.6 Å². The van der Waals surface area contributed by atoms with E-state index < -0.39 is 12.0 Å². The standard InChI is InChI=1S/C37H37F2N5O2/c1-2-21-4-3-5-22-14-26(45)16-29(32(21)22)27-9-10-28-34(33(27)39)41-36(42-35(28)43-17-23-6-7-24(18-43)40-23)46-20-37(12-13-37)19-44-25-8-11-31(44)30(38)15-25/h1,3-5,9-10,14,16,23-25,30-31,40,45H,6-8,11-13,15,17-20H2. The molecule has 0 spiro atoms. The summed E-state index contributed by atoms with van der Waals surface area (Å²) in [6.45, 7) is 2.80. The van der Waals surface area contributed by atoms with Crippen LogP contribution in [-0.4, -0.2) is 76.6 Å². The average Bonchev–Trinajstić information content (AvgIpc) is 3.48. The second kappa shape index (κ2) is 10.5. The van der Waals surface area contributed by atoms with Crippen LogP contribution in [0.25, 0.3) is 32.8 Å². The number of piperazine rings is 1. The summed E-state index contributed by atoms with van der Waals surface area (Å²) in [5, 5.41) is 16.3. The van der Waals surface area contributed by atoms with Crippen LogP contribution in [0, 0.1) is 23.6 Å². The summed E-state index contributed by atoms with van der Waals surface area (Å²) >= 11 is 0. The number of aromatic hydroxyl groups is 1. The van der Waals surface area contributed by atoms with E-state index in [2.05, 4.69) is 21.0 Å². The third kappa shape index (κ3) is 4.60. The molecule has 46 heavy (non-hydrogen) atoms. The first-order chi connectivity index (χ1) is 22.4. The van der Waals surface area contributed by atoms with E-state index >= 15 is 4.39 Å². The zero-order chi connectivity index (χ0) is 31.2. The van der Waals surface area contributed by atoms with E-state index in [1.165, 1.54) is 0 Å². The van der Waals surface area contributed by atoms with E-state index in [0.717, 1.165) is 63.5 Å². The van der Waals surface area contributed by atoms with Gasteiger partial charge in [-0.1, -0.05) is 24.1 Å². The molecule has 5 fully saturated rings. The zero-order valence-corrected chi connectivity index (χ0v) is 25.7. The molecule has 236 valence electrons. The maximum atomic E-state index is 16.9. The Labute approximate surface area is 267 Å². The quantitative estimate of drug-likeness (QED) is 0.247. The Bertz CT molecular complexity index is 1910. The molecule has 9 heteroatoms. The predicted octanol–water partition coefficient (Wildman–Crippen LogP) is 5.95. The molecule has 0 amide bonds. The fourth-order valence-electron chi connectivity index (χ4n) is 8.75. The number of aromatic nitrogens is 2. The van der Waals surface area contributed by atoms with E-state index in [1.54, 1.807) is 18.2 Å². The van der Waals surface area contributed by atoms with Gasteiger partial charge in [0, 0.05) is 71.1 Å². The van der Waals surface area contributed by atoms with Gasteiger partial charge in [0.2, 0.25) is 0 Å². The van der Waals surface area contributed by atoms with Gasteiger partial charge in [0.1, 0.15) is 23.3 Å². The van der Waals surface area contributed by atoms with Gasteiger partial charge in [-0.2, -0.15) is 9.97 Å². The number of terminal acetylenes is 1. The van der Waals surface area contributed by atoms with Gasteiger partial charge in [-0.15, -0.1) is 6.42 Å². The fraction of sp³-hybridized carbons (Fsp3) is 0.459. The number of fused-ring (bicyclic) bond motifs is 6. The Kier molecular flexibility index (Phi) is 6.45. The van der Waals surface area contributed by atoms with Crippen molar-refractivity contribution >= 4 is 27.5 Å². The number of hydrogen-bond donors (Lipinski definition) is 2. The molecule has 5 unspecified atom stereocenters. The first kappa shape index (κ1) is 28.2. The molecule has 4 bridgehead atoms. The third-order valence-corrected chi connectivity index (χ3v) is 11.3. The number of alkyl halides is 1. The van der Waals surface area contributed by atoms with Crippen LogP contribution in [0.5, 0.6) is 11.8 Å². The molecule has 3 aromatic carbocycles. The predicted molar refractivity (Wildman–Crippen MR) is 174 cm³/mol. The maximum Gasteiger partial charge on any atom is 0.319 e. The number of rotatable bonds is 7. The van der Waals surface area contributed by atoms with Crippen LogP contribution >= 0.6 is 0 Å². The normalized spacial score (nSPS) is 27.8. The highest BCUT2D eigenvalue weighted by molar-refractivity contribution is 6.04. The van der Waals surface area contributed by atoms with Crippen molar-refractivity contribution in [3.05, 3.63) is 53.8 Å². The van der Waals surface area contributed by atoms with Gasteiger partial charge in [0.25, 0.3) is 0 Å². The smallest absolute Gasteiger partial charge is 0.319 e. The molecule has 2 N–H and O–H groups in total. The Morgan fingerprint density at radius 1 is 1.04 bits per heavy atom. The molecular formula is C37H37F2N5O2. The summed E-state index contributed by atoms with van der Waals surface area (Å²) in [5.41, 5.74) is 1.56. The van der Waals surface area contributed by atoms with Gasteiger partial charge in [0.05, 0.1) is 6.61 Å². The highest BCUT2D eigenvalue weighted by Gasteiger charge is 2.53. The van der Waals surface area contributed by atoms with E-state index in [0.29, 0.717) is 64.4 Å². The lowest BCUT2D eigenvalue weighted by Gasteiger charge is -2.34. The van der Waals surface area contributed by atoms with Crippen molar-refractivity contribution in [1.29, 1.82) is 0 Å². The molecule has 1 saturated carbocycles. The number of anilines is 1. The largest absolute Gasteiger partial charge is 0.508 e. The number of nitrogens with one attached hydrogen (secondary N) is 1. The Balaban J connectivity index is 1.11. The number of benzene rings is 3. The number of halogens is 2. The Morgan fingerprint density at radius 2 is 1.87 bits per heavy atom. The SMILES string of the molecule is C#Cc1cccc2cc(O)cc(-c3ccc4c(N5CC6CCC(C5)N6)nc(OCC5(CN6C7CCC6C(F)C7)CC5)nc4c3F)c12. The van der Waals surface area contributed by atoms with E-state index in [1.807, 2.05) is 24.3 Å². The molecule has 1 aliphatic carbocycles. The van der Waals surface area contributed by atoms with Crippen molar-refractivity contribution in [2.45, 2.75) is 75.3 Å². The first-order valence-electron chi connectivity index (χ1n) is 16.6. The van der Waals surface area contributed by atoms with E-state index in [9.17, 15) is 9.50 Å². The van der Waals surface area contributed by atoms with Crippen molar-refractivity contribution in [1.82, 2.24) is 20.2 Å². The molecule has 0 radical (unpaired) electrons. The van der Waals surface area contributed by atoms with Crippen molar-refractivity contribution in [3.8, 4) is 35.2 Å². The lowest BCUT2D eigenvalue weighted by molar-refractivity contribution is 0.133. The van der Waals surface area contributed by atoms with Crippen molar-refractivity contribution in [2.24, 2.45) is 5.41 Å². The monoisotopic (exact) mass is 621 g/mol. The second-order valence-electron chi connectivity index (χ2n) is 14.2. The van der Waals surface area contributed by atoms with Crippen LogP contribution in [0.15, 0.2) is 42.5 Å². The molecule has 1 aromatic heterocycles. The minimum Gasteiger partial charge on any atom is -0.508 e. The Hall–Kier alpha value is -4.00. The van der Waals surface area contributed by atoms with E-state index in [4.69, 9.17) is 21.1 Å². The number of phenolic OH excluding ortho intramolecular Hbond substituents is 1. The number of nitrogens with zero attached hydrogens (tertiary/aromatic N) is 4. The minimum absolute atomic E-state index is 0.0279. The Morgan fingerprint density at radius 3 is 2.59 bits per heavy atom. The molecule has 4 aromatic rings. The summed E-state index contributed by atoms with van der Waals surface area (Å²) in [5.74, 6) is 2.92. The molecule has 5 atom stereocenters. The van der Waals surface area contributed by atoms with Crippen LogP contribution < -0.4 is 15.0 Å². The molecule has 7 nitrogen and oxygen atoms in total. The van der Waals surface area contributed by atoms with Crippen LogP contribution in [-0.2, 0) is 0 Å². The summed E-state index contributed by atoms with van der Waals surface area (Å²) in [6.07, 6.45) is 12.0. The van der Waals surface area contributed by atoms with Gasteiger partial charge >= 0.3 is 6.01 Å². The molecule has 5 heterocycles. The molecule has 4 saturated heterocycles. The van der Waals surface area contributed by atoms with Crippen molar-refractivity contribution in [3.63, 3.8) is 0 Å². The lowest BCUT2D eigenvalue weighted by atomic mass is 9.93. The van der Waals surface area contributed by atoms with Crippen molar-refractivity contribution in [2.75, 3.05) is 31.1 Å². The minimum atomic E-state index is -0.728. The molecule has 4 aliphatic heterocycles. The maximum absolute atomic E-state index is 16.9. The van der Waals surface area contributed by atoms with Crippen LogP contribution in [0.2, 0.25) is 0 Å². The van der Waals surface area contributed by atoms with Crippen LogP contribution in [0.3, 0.4) is 0 Å². The van der Waals surface area contributed by atoms with Crippen LogP contribution in [0.1, 0.15) is 50.5 Å². The van der Waals surface area contributed by atoms with Gasteiger partial charge in [0.15, 0.2) is 5.82 Å². The molecule has 5 aliphatic rings. The molecule has 9 rings (SSSR count). The second-order valence-corrected chi connectivity index (χ2v) is 14.2. The van der Waals surface area contributed by atoms with Gasteiger partial charge in [-0.05, 0) is 80.2 Å². The van der Waals surface area contributed by atoms with Crippen molar-refractivity contribution < 1.29 is 18.6 Å². The van der Waals surface area contributed by atoms with Gasteiger partial charge in [-0.3, -0.25) is 4.90 Å². The first-order valence-corrected chi connectivity index (χ1v) is 16.6. The van der Waals surface area contributed by atoms with E-state index in [-0.39, 0.29) is 28.7 Å². The third-order valence-electron chi connectivity index (χ3n) is 11.3. The fourth-order valence-corrected chi connectivity index (χ4v) is 8.75. The highest BCUT2D eigenvalue weighted by atomic mass is 19.1. The highest BCUT2D eigenvalue weighted by Crippen LogP contribution is 2.51. The summed E-state index contributed by atoms with van der Waals surface area (Å²) in [4.78, 5) is 14.3. The zero-order valence-electron chi connectivity index (χ0n) is 25.7. The topological polar surface area (TPSA) is 73.8 Å². The average molecular weight is 622 g/mol. The number of hydrogen-bond acceptors (Lipinski definition) is 7. The lowest BCUT2D eigenvalue weighted by Crippen LogP contribution is -2.51. The number of ether oxygens (including phenoxy) is 1. The van der Waals surface area contributed by atoms with Gasteiger partial charge < -0.3 is 20.1 Å². The summed E-state index contributed by atoms with van der Waals surface area (Å²) < 4.78 is 37.8. The molecular weight excluding hydrogens is 584 g/mol.